The standard InChI is InChI=1S/C34H35FN4O8/c1-38(2)22-13-16(7-10-23-37-21(14-47-23)15-5-8-18(35)9-6-15)28(40)25-19(22)11-17-12-20-27(39(3)4)30(42)26(33(36)45)32(44)34(20,46)31(43)24(17)29(25)41/h5-6,8-9,13-14,17,20,27,40-41,44,46H,7,10-12H2,1-4H3,(H2,36,45)/t17-,20-,27-,34-/m0/s1. The fourth-order valence-electron chi connectivity index (χ4n) is 7.36. The number of amides is 1. The molecule has 1 aromatic heterocycles. The lowest BCUT2D eigenvalue weighted by molar-refractivity contribution is -0.153. The number of aromatic nitrogens is 1. The number of primary amides is 1. The van der Waals surface area contributed by atoms with Crippen LogP contribution in [0.1, 0.15) is 29.0 Å². The second-order valence-electron chi connectivity index (χ2n) is 12.7. The Morgan fingerprint density at radius 3 is 2.40 bits per heavy atom. The summed E-state index contributed by atoms with van der Waals surface area (Å²) in [7, 11) is 6.71. The molecular formula is C34H35FN4O8. The molecule has 0 aliphatic heterocycles. The second kappa shape index (κ2) is 11.4. The number of likely N-dealkylation sites (N-methyl/N-ethyl adjacent to an activating group) is 1. The number of carbonyl (C=O) groups excluding carboxylic acids is 3. The number of aliphatic hydroxyl groups is 3. The third-order valence-electron chi connectivity index (χ3n) is 9.56. The number of aliphatic hydroxyl groups excluding tert-OH is 2. The number of anilines is 1. The smallest absolute Gasteiger partial charge is 0.255 e. The van der Waals surface area contributed by atoms with Crippen molar-refractivity contribution in [3.63, 3.8) is 0 Å². The van der Waals surface area contributed by atoms with Crippen molar-refractivity contribution in [1.29, 1.82) is 0 Å². The van der Waals surface area contributed by atoms with Gasteiger partial charge >= 0.3 is 0 Å². The minimum absolute atomic E-state index is 0.00168. The average Bonchev–Trinajstić information content (AvgIpc) is 3.47. The number of phenols is 1. The van der Waals surface area contributed by atoms with Gasteiger partial charge in [0.15, 0.2) is 17.3 Å². The van der Waals surface area contributed by atoms with E-state index in [-0.39, 0.29) is 48.4 Å². The van der Waals surface area contributed by atoms with Crippen molar-refractivity contribution in [1.82, 2.24) is 9.88 Å². The Balaban J connectivity index is 1.41. The maximum Gasteiger partial charge on any atom is 0.255 e. The average molecular weight is 647 g/mol. The zero-order valence-corrected chi connectivity index (χ0v) is 26.2. The fourth-order valence-corrected chi connectivity index (χ4v) is 7.36. The minimum atomic E-state index is -2.71. The lowest BCUT2D eigenvalue weighted by atomic mass is 9.57. The van der Waals surface area contributed by atoms with E-state index in [0.29, 0.717) is 34.0 Å². The monoisotopic (exact) mass is 646 g/mol. The van der Waals surface area contributed by atoms with Gasteiger partial charge in [0, 0.05) is 43.3 Å². The lowest BCUT2D eigenvalue weighted by Crippen LogP contribution is -2.65. The summed E-state index contributed by atoms with van der Waals surface area (Å²) in [6.45, 7) is 0. The Kier molecular flexibility index (Phi) is 7.72. The molecule has 0 saturated heterocycles. The molecule has 3 aliphatic carbocycles. The molecule has 0 unspecified atom stereocenters. The number of Topliss-reactive ketones (excluding diaryl/α,β-unsaturated/α-hetero) is 2. The molecule has 2 aromatic carbocycles. The molecule has 3 aliphatic rings. The van der Waals surface area contributed by atoms with E-state index in [1.807, 2.05) is 4.90 Å². The number of ketones is 2. The zero-order chi connectivity index (χ0) is 34.1. The summed E-state index contributed by atoms with van der Waals surface area (Å²) >= 11 is 0. The van der Waals surface area contributed by atoms with Gasteiger partial charge in [-0.3, -0.25) is 19.3 Å². The molecule has 6 rings (SSSR count). The third-order valence-corrected chi connectivity index (χ3v) is 9.56. The second-order valence-corrected chi connectivity index (χ2v) is 12.7. The third kappa shape index (κ3) is 4.88. The van der Waals surface area contributed by atoms with Crippen LogP contribution in [0.4, 0.5) is 10.1 Å². The number of nitrogens with two attached hydrogens (primary N) is 1. The molecule has 3 aromatic rings. The number of hydrogen-bond acceptors (Lipinski definition) is 11. The van der Waals surface area contributed by atoms with Gasteiger partial charge in [-0.25, -0.2) is 9.37 Å². The topological polar surface area (TPSA) is 191 Å². The highest BCUT2D eigenvalue weighted by atomic mass is 19.1. The van der Waals surface area contributed by atoms with E-state index < -0.39 is 58.0 Å². The number of carbonyl (C=O) groups is 3. The van der Waals surface area contributed by atoms with Gasteiger partial charge in [0.25, 0.3) is 5.91 Å². The van der Waals surface area contributed by atoms with Crippen molar-refractivity contribution >= 4 is 28.9 Å². The molecule has 0 spiro atoms. The Morgan fingerprint density at radius 2 is 1.79 bits per heavy atom. The molecule has 47 heavy (non-hydrogen) atoms. The fraction of sp³-hybridized carbons (Fsp3) is 0.353. The van der Waals surface area contributed by atoms with Crippen molar-refractivity contribution in [3.8, 4) is 17.0 Å². The summed E-state index contributed by atoms with van der Waals surface area (Å²) in [5, 5.41) is 46.2. The quantitative estimate of drug-likeness (QED) is 0.237. The highest BCUT2D eigenvalue weighted by Gasteiger charge is 2.64. The predicted molar refractivity (Wildman–Crippen MR) is 168 cm³/mol. The van der Waals surface area contributed by atoms with Crippen LogP contribution in [-0.2, 0) is 33.6 Å². The first-order chi connectivity index (χ1) is 22.2. The van der Waals surface area contributed by atoms with E-state index in [2.05, 4.69) is 4.98 Å². The molecule has 246 valence electrons. The number of hydrogen-bond donors (Lipinski definition) is 5. The van der Waals surface area contributed by atoms with Crippen LogP contribution < -0.4 is 10.6 Å². The van der Waals surface area contributed by atoms with Crippen molar-refractivity contribution < 1.29 is 43.6 Å². The molecule has 13 heteroatoms. The van der Waals surface area contributed by atoms with E-state index in [0.717, 1.165) is 0 Å². The van der Waals surface area contributed by atoms with Crippen LogP contribution in [0.3, 0.4) is 0 Å². The Bertz CT molecular complexity index is 1890. The molecule has 6 N–H and O–H groups in total. The molecule has 0 radical (unpaired) electrons. The van der Waals surface area contributed by atoms with Gasteiger partial charge in [0.2, 0.25) is 5.78 Å². The summed E-state index contributed by atoms with van der Waals surface area (Å²) < 4.78 is 19.0. The van der Waals surface area contributed by atoms with Crippen LogP contribution in [0, 0.1) is 17.7 Å². The summed E-state index contributed by atoms with van der Waals surface area (Å²) in [6.07, 6.45) is 2.12. The summed E-state index contributed by atoms with van der Waals surface area (Å²) in [5.74, 6) is -6.97. The van der Waals surface area contributed by atoms with Crippen molar-refractivity contribution in [3.05, 3.63) is 81.9 Å². The van der Waals surface area contributed by atoms with Gasteiger partial charge in [-0.15, -0.1) is 0 Å². The van der Waals surface area contributed by atoms with E-state index >= 15 is 0 Å². The number of oxazole rings is 1. The first kappa shape index (κ1) is 32.0. The van der Waals surface area contributed by atoms with Gasteiger partial charge in [0.1, 0.15) is 40.6 Å². The number of nitrogens with zero attached hydrogens (tertiary/aromatic N) is 3. The van der Waals surface area contributed by atoms with Gasteiger partial charge in [-0.1, -0.05) is 0 Å². The van der Waals surface area contributed by atoms with Gasteiger partial charge in [-0.2, -0.15) is 0 Å². The first-order valence-corrected chi connectivity index (χ1v) is 15.1. The number of aryl methyl sites for hydroxylation is 2. The van der Waals surface area contributed by atoms with Crippen molar-refractivity contribution in [2.75, 3.05) is 33.1 Å². The van der Waals surface area contributed by atoms with E-state index in [1.54, 1.807) is 46.4 Å². The predicted octanol–water partition coefficient (Wildman–Crippen LogP) is 2.61. The number of rotatable bonds is 7. The van der Waals surface area contributed by atoms with Crippen LogP contribution >= 0.6 is 0 Å². The van der Waals surface area contributed by atoms with Crippen LogP contribution in [0.5, 0.6) is 5.75 Å². The molecule has 1 saturated carbocycles. The highest BCUT2D eigenvalue weighted by molar-refractivity contribution is 6.24. The molecule has 0 bridgehead atoms. The normalized spacial score (nSPS) is 23.9. The van der Waals surface area contributed by atoms with Crippen LogP contribution in [-0.4, -0.2) is 87.6 Å². The summed E-state index contributed by atoms with van der Waals surface area (Å²) in [5.41, 5.74) is 4.48. The SMILES string of the molecule is CN(C)c1cc(CCc2nc(-c3ccc(F)cc3)co2)c(O)c2c1C[C@H]1C[C@H]3[C@H](N(C)C)C(=O)C(C(N)=O)=C(O)[C@@]3(O)C(=O)C1=C2O. The summed E-state index contributed by atoms with van der Waals surface area (Å²) in [4.78, 5) is 47.5. The van der Waals surface area contributed by atoms with Gasteiger partial charge in [-0.05, 0) is 80.7 Å². The number of benzene rings is 2. The number of halogens is 1. The van der Waals surface area contributed by atoms with E-state index in [4.69, 9.17) is 10.2 Å². The maximum absolute atomic E-state index is 14.2. The molecule has 1 fully saturated rings. The van der Waals surface area contributed by atoms with E-state index in [9.17, 15) is 39.2 Å². The number of fused-ring (bicyclic) bond motifs is 3. The van der Waals surface area contributed by atoms with E-state index in [1.165, 1.54) is 23.3 Å². The van der Waals surface area contributed by atoms with Crippen molar-refractivity contribution in [2.45, 2.75) is 37.3 Å². The number of phenolic OH excluding ortho intramolecular Hbond substituents is 1. The first-order valence-electron chi connectivity index (χ1n) is 15.1. The largest absolute Gasteiger partial charge is 0.508 e. The Hall–Kier alpha value is -5.01. The van der Waals surface area contributed by atoms with Crippen molar-refractivity contribution in [2.24, 2.45) is 17.6 Å². The molecule has 12 nitrogen and oxygen atoms in total. The van der Waals surface area contributed by atoms with Crippen LogP contribution in [0.2, 0.25) is 0 Å². The zero-order valence-electron chi connectivity index (χ0n) is 26.2. The lowest BCUT2D eigenvalue weighted by Gasteiger charge is -2.50. The Labute approximate surface area is 269 Å². The maximum atomic E-state index is 14.2. The molecular weight excluding hydrogens is 611 g/mol. The number of aromatic hydroxyl groups is 1. The van der Waals surface area contributed by atoms with Crippen LogP contribution in [0.15, 0.2) is 57.9 Å². The van der Waals surface area contributed by atoms with Gasteiger partial charge in [0.05, 0.1) is 11.6 Å². The minimum Gasteiger partial charge on any atom is -0.508 e. The Morgan fingerprint density at radius 1 is 1.11 bits per heavy atom. The molecule has 1 amide bonds. The molecule has 1 heterocycles. The van der Waals surface area contributed by atoms with Gasteiger partial charge < -0.3 is 35.5 Å². The van der Waals surface area contributed by atoms with Crippen LogP contribution in [0.25, 0.3) is 17.0 Å². The highest BCUT2D eigenvalue weighted by Crippen LogP contribution is 2.54. The summed E-state index contributed by atoms with van der Waals surface area (Å²) in [6, 6.07) is 6.44. The molecule has 4 atom stereocenters.